The second-order valence-electron chi connectivity index (χ2n) is 5.89. The fourth-order valence-electron chi connectivity index (χ4n) is 2.28. The Morgan fingerprint density at radius 2 is 2.00 bits per heavy atom. The summed E-state index contributed by atoms with van der Waals surface area (Å²) in [5.41, 5.74) is -0.162. The maximum absolute atomic E-state index is 11.8. The molecule has 7 heteroatoms. The average molecular weight is 298 g/mol. The minimum Gasteiger partial charge on any atom is -0.465 e. The summed E-state index contributed by atoms with van der Waals surface area (Å²) in [6.07, 6.45) is 0.111. The minimum absolute atomic E-state index is 0.256. The number of hydrogen-bond donors (Lipinski definition) is 2. The van der Waals surface area contributed by atoms with E-state index in [4.69, 9.17) is 4.74 Å². The van der Waals surface area contributed by atoms with Crippen molar-refractivity contribution in [1.29, 1.82) is 0 Å². The van der Waals surface area contributed by atoms with Gasteiger partial charge >= 0.3 is 12.1 Å². The number of β-lactam (4-membered cyclic amide) rings is 1. The molecule has 0 aromatic rings. The first kappa shape index (κ1) is 17.0. The molecule has 2 atom stereocenters. The monoisotopic (exact) mass is 298 g/mol. The lowest BCUT2D eigenvalue weighted by Gasteiger charge is -2.48. The van der Waals surface area contributed by atoms with Gasteiger partial charge in [-0.2, -0.15) is 0 Å². The molecule has 2 unspecified atom stereocenters. The summed E-state index contributed by atoms with van der Waals surface area (Å²) in [6.45, 7) is 8.76. The third-order valence-corrected chi connectivity index (χ3v) is 3.21. The quantitative estimate of drug-likeness (QED) is 0.461. The van der Waals surface area contributed by atoms with Gasteiger partial charge in [0.05, 0.1) is 12.6 Å². The number of amides is 2. The van der Waals surface area contributed by atoms with Crippen LogP contribution in [0.25, 0.3) is 0 Å². The van der Waals surface area contributed by atoms with E-state index in [1.165, 1.54) is 6.08 Å². The number of carbonyl (C=O) groups excluding carboxylic acids is 2. The van der Waals surface area contributed by atoms with E-state index in [1.807, 2.05) is 0 Å². The fraction of sp³-hybridized carbons (Fsp3) is 0.643. The number of carboxylic acid groups (broad SMARTS) is 1. The Bertz CT molecular complexity index is 478. The second-order valence-corrected chi connectivity index (χ2v) is 5.89. The van der Waals surface area contributed by atoms with Gasteiger partial charge in [0.1, 0.15) is 6.04 Å². The van der Waals surface area contributed by atoms with Crippen molar-refractivity contribution >= 4 is 18.0 Å². The molecule has 0 aromatic carbocycles. The van der Waals surface area contributed by atoms with E-state index in [-0.39, 0.29) is 12.5 Å². The Labute approximate surface area is 123 Å². The van der Waals surface area contributed by atoms with E-state index in [0.29, 0.717) is 5.57 Å². The third-order valence-electron chi connectivity index (χ3n) is 3.21. The van der Waals surface area contributed by atoms with Crippen molar-refractivity contribution in [3.05, 3.63) is 11.6 Å². The van der Waals surface area contributed by atoms with Crippen molar-refractivity contribution in [1.82, 2.24) is 10.2 Å². The number of carbonyl (C=O) groups is 3. The highest BCUT2D eigenvalue weighted by Gasteiger charge is 2.49. The molecule has 1 fully saturated rings. The zero-order chi connectivity index (χ0) is 16.4. The minimum atomic E-state index is -1.17. The van der Waals surface area contributed by atoms with E-state index in [9.17, 15) is 19.5 Å². The van der Waals surface area contributed by atoms with Crippen molar-refractivity contribution in [2.24, 2.45) is 0 Å². The predicted molar refractivity (Wildman–Crippen MR) is 75.7 cm³/mol. The van der Waals surface area contributed by atoms with Crippen LogP contribution in [0.2, 0.25) is 0 Å². The Kier molecular flexibility index (Phi) is 4.98. The lowest BCUT2D eigenvalue weighted by atomic mass is 9.88. The molecule has 2 amide bonds. The number of ether oxygens (including phenoxy) is 1. The maximum atomic E-state index is 11.8. The molecule has 0 bridgehead atoms. The van der Waals surface area contributed by atoms with Crippen LogP contribution in [0.15, 0.2) is 11.6 Å². The summed E-state index contributed by atoms with van der Waals surface area (Å²) in [5, 5.41) is 12.0. The van der Waals surface area contributed by atoms with Crippen molar-refractivity contribution in [3.8, 4) is 0 Å². The fourth-order valence-corrected chi connectivity index (χ4v) is 2.28. The summed E-state index contributed by atoms with van der Waals surface area (Å²) in [5.74, 6) is -0.874. The maximum Gasteiger partial charge on any atom is 0.408 e. The number of rotatable bonds is 4. The van der Waals surface area contributed by atoms with Gasteiger partial charge in [-0.1, -0.05) is 0 Å². The summed E-state index contributed by atoms with van der Waals surface area (Å²) in [4.78, 5) is 35.8. The highest BCUT2D eigenvalue weighted by molar-refractivity contribution is 5.94. The van der Waals surface area contributed by atoms with Crippen molar-refractivity contribution in [3.63, 3.8) is 0 Å². The van der Waals surface area contributed by atoms with Crippen LogP contribution in [0, 0.1) is 0 Å². The molecule has 0 spiro atoms. The second kappa shape index (κ2) is 6.15. The number of nitrogens with zero attached hydrogens (tertiary/aromatic N) is 1. The molecule has 7 nitrogen and oxygen atoms in total. The molecule has 21 heavy (non-hydrogen) atoms. The Balaban J connectivity index is 2.98. The zero-order valence-electron chi connectivity index (χ0n) is 13.0. The molecular weight excluding hydrogens is 276 g/mol. The van der Waals surface area contributed by atoms with Crippen LogP contribution in [-0.4, -0.2) is 52.2 Å². The van der Waals surface area contributed by atoms with Crippen LogP contribution in [0.4, 0.5) is 4.79 Å². The first-order valence-electron chi connectivity index (χ1n) is 6.77. The van der Waals surface area contributed by atoms with E-state index in [2.05, 4.69) is 5.32 Å². The summed E-state index contributed by atoms with van der Waals surface area (Å²) < 4.78 is 4.81. The first-order valence-corrected chi connectivity index (χ1v) is 6.77. The smallest absolute Gasteiger partial charge is 0.408 e. The third kappa shape index (κ3) is 3.74. The van der Waals surface area contributed by atoms with Crippen molar-refractivity contribution in [2.75, 3.05) is 6.61 Å². The topological polar surface area (TPSA) is 95.9 Å². The highest BCUT2D eigenvalue weighted by atomic mass is 16.5. The van der Waals surface area contributed by atoms with Gasteiger partial charge in [-0.05, 0) is 40.2 Å². The Morgan fingerprint density at radius 1 is 1.43 bits per heavy atom. The summed E-state index contributed by atoms with van der Waals surface area (Å²) in [6, 6.07) is -1.36. The molecule has 1 saturated heterocycles. The SMILES string of the molecule is CCOC(=O)C=C(C)C1NC(=O)C1N(C(=O)O)C(C)(C)C. The molecule has 0 saturated carbocycles. The molecule has 1 rings (SSSR count). The van der Waals surface area contributed by atoms with Crippen LogP contribution < -0.4 is 5.32 Å². The first-order chi connectivity index (χ1) is 9.59. The summed E-state index contributed by atoms with van der Waals surface area (Å²) in [7, 11) is 0. The van der Waals surface area contributed by atoms with Gasteiger partial charge in [0.2, 0.25) is 5.91 Å². The van der Waals surface area contributed by atoms with Crippen LogP contribution in [0.5, 0.6) is 0 Å². The van der Waals surface area contributed by atoms with Crippen LogP contribution >= 0.6 is 0 Å². The number of esters is 1. The zero-order valence-corrected chi connectivity index (χ0v) is 13.0. The molecule has 0 aromatic heterocycles. The van der Waals surface area contributed by atoms with Gasteiger partial charge in [0.15, 0.2) is 0 Å². The molecular formula is C14H22N2O5. The van der Waals surface area contributed by atoms with Gasteiger partial charge in [0.25, 0.3) is 0 Å². The number of nitrogens with one attached hydrogen (secondary N) is 1. The molecule has 1 aliphatic rings. The molecule has 2 N–H and O–H groups in total. The Morgan fingerprint density at radius 3 is 2.38 bits per heavy atom. The van der Waals surface area contributed by atoms with E-state index in [0.717, 1.165) is 4.90 Å². The lowest BCUT2D eigenvalue weighted by Crippen LogP contribution is -2.73. The van der Waals surface area contributed by atoms with E-state index in [1.54, 1.807) is 34.6 Å². The van der Waals surface area contributed by atoms with Crippen molar-refractivity contribution in [2.45, 2.75) is 52.2 Å². The molecule has 1 aliphatic heterocycles. The lowest BCUT2D eigenvalue weighted by molar-refractivity contribution is -0.139. The average Bonchev–Trinajstić information content (AvgIpc) is 2.30. The molecule has 0 radical (unpaired) electrons. The standard InChI is InChI=1S/C14H22N2O5/c1-6-21-9(17)7-8(2)10-11(12(18)15-10)16(13(19)20)14(3,4)5/h7,10-11H,6H2,1-5H3,(H,15,18)(H,19,20). The van der Waals surface area contributed by atoms with Gasteiger partial charge in [-0.25, -0.2) is 9.59 Å². The van der Waals surface area contributed by atoms with Gasteiger partial charge in [0, 0.05) is 11.6 Å². The molecule has 1 heterocycles. The van der Waals surface area contributed by atoms with Crippen LogP contribution in [0.1, 0.15) is 34.6 Å². The Hall–Kier alpha value is -2.05. The summed E-state index contributed by atoms with van der Waals surface area (Å²) >= 11 is 0. The van der Waals surface area contributed by atoms with E-state index >= 15 is 0 Å². The van der Waals surface area contributed by atoms with Crippen LogP contribution in [-0.2, 0) is 14.3 Å². The number of hydrogen-bond acceptors (Lipinski definition) is 4. The largest absolute Gasteiger partial charge is 0.465 e. The van der Waals surface area contributed by atoms with Gasteiger partial charge in [-0.3, -0.25) is 9.69 Å². The predicted octanol–water partition coefficient (Wildman–Crippen LogP) is 1.14. The molecule has 118 valence electrons. The molecule has 0 aliphatic carbocycles. The highest BCUT2D eigenvalue weighted by Crippen LogP contribution is 2.27. The van der Waals surface area contributed by atoms with Gasteiger partial charge in [-0.15, -0.1) is 0 Å². The van der Waals surface area contributed by atoms with E-state index < -0.39 is 29.7 Å². The van der Waals surface area contributed by atoms with Gasteiger partial charge < -0.3 is 15.2 Å². The normalized spacial score (nSPS) is 22.1. The van der Waals surface area contributed by atoms with Crippen molar-refractivity contribution < 1.29 is 24.2 Å². The van der Waals surface area contributed by atoms with Crippen LogP contribution in [0.3, 0.4) is 0 Å².